The maximum absolute atomic E-state index is 13.2. The fraction of sp³-hybridized carbons (Fsp3) is 0.462. The van der Waals surface area contributed by atoms with Crippen molar-refractivity contribution in [1.82, 2.24) is 9.62 Å². The summed E-state index contributed by atoms with van der Waals surface area (Å²) in [6, 6.07) is 12.8. The van der Waals surface area contributed by atoms with Crippen molar-refractivity contribution >= 4 is 33.2 Å². The van der Waals surface area contributed by atoms with Gasteiger partial charge in [0.05, 0.1) is 4.90 Å². The quantitative estimate of drug-likeness (QED) is 0.634. The van der Waals surface area contributed by atoms with Crippen LogP contribution in [0, 0.1) is 5.92 Å². The number of piperidine rings is 1. The van der Waals surface area contributed by atoms with E-state index in [4.69, 9.17) is 0 Å². The molecule has 4 rings (SSSR count). The van der Waals surface area contributed by atoms with Crippen LogP contribution < -0.4 is 15.1 Å². The van der Waals surface area contributed by atoms with E-state index >= 15 is 0 Å². The fourth-order valence-electron chi connectivity index (χ4n) is 4.56. The summed E-state index contributed by atoms with van der Waals surface area (Å²) in [4.78, 5) is 29.0. The van der Waals surface area contributed by atoms with Gasteiger partial charge in [0.25, 0.3) is 0 Å². The van der Waals surface area contributed by atoms with Crippen LogP contribution in [0.3, 0.4) is 0 Å². The fourth-order valence-corrected chi connectivity index (χ4v) is 6.08. The first-order valence-corrected chi connectivity index (χ1v) is 13.6. The van der Waals surface area contributed by atoms with E-state index in [0.717, 1.165) is 29.7 Å². The third-order valence-electron chi connectivity index (χ3n) is 6.88. The van der Waals surface area contributed by atoms with Gasteiger partial charge in [0.1, 0.15) is 6.54 Å². The number of fused-ring (bicyclic) bond motifs is 1. The number of sulfonamides is 1. The van der Waals surface area contributed by atoms with E-state index in [2.05, 4.69) is 12.2 Å². The highest BCUT2D eigenvalue weighted by molar-refractivity contribution is 7.89. The molecular weight excluding hydrogens is 464 g/mol. The van der Waals surface area contributed by atoms with Crippen LogP contribution in [0.2, 0.25) is 0 Å². The molecule has 2 aliphatic rings. The molecule has 2 aromatic carbocycles. The van der Waals surface area contributed by atoms with Gasteiger partial charge >= 0.3 is 0 Å². The predicted molar refractivity (Wildman–Crippen MR) is 137 cm³/mol. The number of benzene rings is 2. The second-order valence-electron chi connectivity index (χ2n) is 9.69. The average Bonchev–Trinajstić information content (AvgIpc) is 2.84. The Kier molecular flexibility index (Phi) is 7.47. The van der Waals surface area contributed by atoms with Gasteiger partial charge < -0.3 is 15.1 Å². The predicted octanol–water partition coefficient (Wildman–Crippen LogP) is 2.77. The molecule has 2 aliphatic heterocycles. The van der Waals surface area contributed by atoms with Crippen LogP contribution in [-0.2, 0) is 32.6 Å². The van der Waals surface area contributed by atoms with Crippen LogP contribution >= 0.6 is 0 Å². The number of rotatable bonds is 7. The molecule has 8 nitrogen and oxygen atoms in total. The molecule has 0 radical (unpaired) electrons. The Morgan fingerprint density at radius 2 is 1.74 bits per heavy atom. The van der Waals surface area contributed by atoms with Crippen LogP contribution in [0.25, 0.3) is 0 Å². The molecule has 35 heavy (non-hydrogen) atoms. The van der Waals surface area contributed by atoms with E-state index in [0.29, 0.717) is 37.7 Å². The molecular formula is C26H34N4O4S. The first kappa shape index (κ1) is 25.2. The summed E-state index contributed by atoms with van der Waals surface area (Å²) < 4.78 is 27.9. The van der Waals surface area contributed by atoms with Crippen molar-refractivity contribution in [2.75, 3.05) is 43.5 Å². The summed E-state index contributed by atoms with van der Waals surface area (Å²) in [7, 11) is 0.365. The third-order valence-corrected chi connectivity index (χ3v) is 8.77. The highest BCUT2D eigenvalue weighted by Gasteiger charge is 2.31. The summed E-state index contributed by atoms with van der Waals surface area (Å²) in [6.45, 7) is 3.47. The zero-order valence-electron chi connectivity index (χ0n) is 20.7. The third kappa shape index (κ3) is 5.67. The Hall–Kier alpha value is -2.91. The number of aryl methyl sites for hydroxylation is 1. The maximum atomic E-state index is 13.2. The Morgan fingerprint density at radius 1 is 1.06 bits per heavy atom. The molecule has 0 bridgehead atoms. The normalized spacial score (nSPS) is 17.2. The molecule has 1 fully saturated rings. The molecule has 0 unspecified atom stereocenters. The molecule has 188 valence electrons. The maximum Gasteiger partial charge on any atom is 0.243 e. The summed E-state index contributed by atoms with van der Waals surface area (Å²) in [6.07, 6.45) is 2.44. The van der Waals surface area contributed by atoms with Gasteiger partial charge in [-0.3, -0.25) is 9.59 Å². The molecule has 2 heterocycles. The Balaban J connectivity index is 1.44. The lowest BCUT2D eigenvalue weighted by molar-refractivity contribution is -0.124. The van der Waals surface area contributed by atoms with E-state index in [1.807, 2.05) is 43.3 Å². The molecule has 2 aromatic rings. The number of carbonyl (C=O) groups is 2. The molecule has 0 spiro atoms. The Bertz CT molecular complexity index is 1190. The summed E-state index contributed by atoms with van der Waals surface area (Å²) in [5, 5.41) is 2.88. The van der Waals surface area contributed by atoms with Crippen molar-refractivity contribution in [3.8, 4) is 0 Å². The SMILES string of the molecule is CC1CCN(S(=O)(=O)c2ccc3c(c2)CCC(=O)N3CC(=O)NCc2ccc(N(C)C)cc2)CC1. The topological polar surface area (TPSA) is 90.0 Å². The zero-order chi connectivity index (χ0) is 25.2. The minimum absolute atomic E-state index is 0.0995. The minimum atomic E-state index is -3.57. The van der Waals surface area contributed by atoms with Crippen molar-refractivity contribution in [1.29, 1.82) is 0 Å². The number of nitrogens with one attached hydrogen (secondary N) is 1. The van der Waals surface area contributed by atoms with Crippen LogP contribution in [0.5, 0.6) is 0 Å². The van der Waals surface area contributed by atoms with Gasteiger partial charge in [-0.1, -0.05) is 19.1 Å². The lowest BCUT2D eigenvalue weighted by Gasteiger charge is -2.31. The van der Waals surface area contributed by atoms with E-state index in [1.165, 1.54) is 4.90 Å². The van der Waals surface area contributed by atoms with Gasteiger partial charge in [-0.15, -0.1) is 0 Å². The molecule has 2 amide bonds. The molecule has 0 saturated carbocycles. The second kappa shape index (κ2) is 10.4. The van der Waals surface area contributed by atoms with Crippen molar-refractivity contribution in [3.05, 3.63) is 53.6 Å². The number of hydrogen-bond donors (Lipinski definition) is 1. The van der Waals surface area contributed by atoms with Gasteiger partial charge in [-0.2, -0.15) is 4.31 Å². The lowest BCUT2D eigenvalue weighted by atomic mass is 10.0. The molecule has 0 aliphatic carbocycles. The van der Waals surface area contributed by atoms with Gasteiger partial charge in [-0.05, 0) is 66.6 Å². The van der Waals surface area contributed by atoms with Crippen LogP contribution in [0.15, 0.2) is 47.4 Å². The highest BCUT2D eigenvalue weighted by Crippen LogP contribution is 2.32. The number of nitrogens with zero attached hydrogens (tertiary/aromatic N) is 3. The Labute approximate surface area is 207 Å². The number of carbonyl (C=O) groups excluding carboxylic acids is 2. The van der Waals surface area contributed by atoms with Crippen molar-refractivity contribution in [2.45, 2.75) is 44.0 Å². The van der Waals surface area contributed by atoms with Crippen LogP contribution in [0.4, 0.5) is 11.4 Å². The van der Waals surface area contributed by atoms with E-state index < -0.39 is 10.0 Å². The molecule has 1 saturated heterocycles. The zero-order valence-corrected chi connectivity index (χ0v) is 21.5. The van der Waals surface area contributed by atoms with Gasteiger partial charge in [0.15, 0.2) is 0 Å². The van der Waals surface area contributed by atoms with Crippen molar-refractivity contribution in [3.63, 3.8) is 0 Å². The van der Waals surface area contributed by atoms with Crippen LogP contribution in [-0.4, -0.2) is 58.3 Å². The molecule has 0 aromatic heterocycles. The van der Waals surface area contributed by atoms with Gasteiger partial charge in [0.2, 0.25) is 21.8 Å². The lowest BCUT2D eigenvalue weighted by Crippen LogP contribution is -2.43. The number of anilines is 2. The number of amides is 2. The molecule has 9 heteroatoms. The molecule has 1 N–H and O–H groups in total. The summed E-state index contributed by atoms with van der Waals surface area (Å²) in [5.41, 5.74) is 3.43. The van der Waals surface area contributed by atoms with E-state index in [9.17, 15) is 18.0 Å². The summed E-state index contributed by atoms with van der Waals surface area (Å²) >= 11 is 0. The van der Waals surface area contributed by atoms with Gasteiger partial charge in [0, 0.05) is 51.5 Å². The highest BCUT2D eigenvalue weighted by atomic mass is 32.2. The first-order chi connectivity index (χ1) is 16.6. The smallest absolute Gasteiger partial charge is 0.243 e. The average molecular weight is 499 g/mol. The van der Waals surface area contributed by atoms with Crippen molar-refractivity contribution in [2.24, 2.45) is 5.92 Å². The van der Waals surface area contributed by atoms with Crippen LogP contribution in [0.1, 0.15) is 37.3 Å². The van der Waals surface area contributed by atoms with Gasteiger partial charge in [-0.25, -0.2) is 8.42 Å². The molecule has 0 atom stereocenters. The summed E-state index contributed by atoms with van der Waals surface area (Å²) in [5.74, 6) is 0.138. The first-order valence-electron chi connectivity index (χ1n) is 12.1. The monoisotopic (exact) mass is 498 g/mol. The van der Waals surface area contributed by atoms with E-state index in [1.54, 1.807) is 22.5 Å². The standard InChI is InChI=1S/C26H34N4O4S/c1-19-12-14-29(15-13-19)35(33,34)23-9-10-24-21(16-23)6-11-26(32)30(24)18-25(31)27-17-20-4-7-22(8-5-20)28(2)3/h4-5,7-10,16,19H,6,11-15,17-18H2,1-3H3,(H,27,31). The minimum Gasteiger partial charge on any atom is -0.378 e. The Morgan fingerprint density at radius 3 is 2.40 bits per heavy atom. The largest absolute Gasteiger partial charge is 0.378 e. The number of hydrogen-bond acceptors (Lipinski definition) is 5. The van der Waals surface area contributed by atoms with Crippen molar-refractivity contribution < 1.29 is 18.0 Å². The second-order valence-corrected chi connectivity index (χ2v) is 11.6. The van der Waals surface area contributed by atoms with E-state index in [-0.39, 0.29) is 29.7 Å².